The highest BCUT2D eigenvalue weighted by Crippen LogP contribution is 2.28. The first-order valence-corrected chi connectivity index (χ1v) is 8.28. The van der Waals surface area contributed by atoms with Crippen molar-refractivity contribution in [1.29, 1.82) is 0 Å². The van der Waals surface area contributed by atoms with E-state index in [0.29, 0.717) is 22.9 Å². The lowest BCUT2D eigenvalue weighted by Crippen LogP contribution is -2.28. The van der Waals surface area contributed by atoms with Gasteiger partial charge in [0.1, 0.15) is 15.7 Å². The van der Waals surface area contributed by atoms with Crippen LogP contribution < -0.4 is 11.3 Å². The maximum absolute atomic E-state index is 13.4. The molecule has 102 valence electrons. The standard InChI is InChI=1S/C11H16BrFN2O2S/c1-18(16,17)7-3-6-10(15-14)8-4-2-5-9(13)11(8)12/h2,4-5,10,15H,3,6-7,14H2,1H3. The van der Waals surface area contributed by atoms with Crippen molar-refractivity contribution in [2.75, 3.05) is 12.0 Å². The Labute approximate surface area is 115 Å². The average Bonchev–Trinajstić information content (AvgIpc) is 2.27. The summed E-state index contributed by atoms with van der Waals surface area (Å²) in [4.78, 5) is 0. The van der Waals surface area contributed by atoms with E-state index >= 15 is 0 Å². The summed E-state index contributed by atoms with van der Waals surface area (Å²) in [5, 5.41) is 0. The number of benzene rings is 1. The van der Waals surface area contributed by atoms with Crippen LogP contribution in [0.4, 0.5) is 4.39 Å². The summed E-state index contributed by atoms with van der Waals surface area (Å²) in [6, 6.07) is 4.41. The average molecular weight is 339 g/mol. The zero-order chi connectivity index (χ0) is 13.8. The summed E-state index contributed by atoms with van der Waals surface area (Å²) >= 11 is 3.16. The van der Waals surface area contributed by atoms with Crippen molar-refractivity contribution in [3.63, 3.8) is 0 Å². The van der Waals surface area contributed by atoms with Crippen molar-refractivity contribution >= 4 is 25.8 Å². The van der Waals surface area contributed by atoms with Crippen LogP contribution in [0.5, 0.6) is 0 Å². The molecule has 0 aromatic heterocycles. The molecule has 0 radical (unpaired) electrons. The molecule has 3 N–H and O–H groups in total. The van der Waals surface area contributed by atoms with Crippen molar-refractivity contribution in [1.82, 2.24) is 5.43 Å². The summed E-state index contributed by atoms with van der Waals surface area (Å²) in [7, 11) is -2.98. The van der Waals surface area contributed by atoms with Crippen LogP contribution in [0.1, 0.15) is 24.4 Å². The van der Waals surface area contributed by atoms with Gasteiger partial charge >= 0.3 is 0 Å². The molecule has 1 rings (SSSR count). The molecule has 0 heterocycles. The second-order valence-electron chi connectivity index (χ2n) is 4.13. The lowest BCUT2D eigenvalue weighted by molar-refractivity contribution is 0.501. The van der Waals surface area contributed by atoms with Crippen molar-refractivity contribution in [2.24, 2.45) is 5.84 Å². The Kier molecular flexibility index (Phi) is 5.71. The van der Waals surface area contributed by atoms with Gasteiger partial charge in [0, 0.05) is 18.1 Å². The van der Waals surface area contributed by atoms with Gasteiger partial charge in [-0.15, -0.1) is 0 Å². The number of rotatable bonds is 6. The van der Waals surface area contributed by atoms with Crippen LogP contribution >= 0.6 is 15.9 Å². The zero-order valence-electron chi connectivity index (χ0n) is 9.99. The number of nitrogens with two attached hydrogens (primary N) is 1. The van der Waals surface area contributed by atoms with Gasteiger partial charge in [-0.1, -0.05) is 12.1 Å². The van der Waals surface area contributed by atoms with E-state index in [0.717, 1.165) is 0 Å². The lowest BCUT2D eigenvalue weighted by atomic mass is 10.0. The SMILES string of the molecule is CS(=O)(=O)CCCC(NN)c1cccc(F)c1Br. The third-order valence-corrected chi connectivity index (χ3v) is 4.43. The molecule has 18 heavy (non-hydrogen) atoms. The maximum Gasteiger partial charge on any atom is 0.147 e. The summed E-state index contributed by atoms with van der Waals surface area (Å²) < 4.78 is 35.8. The zero-order valence-corrected chi connectivity index (χ0v) is 12.4. The molecule has 0 saturated heterocycles. The molecule has 0 bridgehead atoms. The molecule has 0 aliphatic rings. The summed E-state index contributed by atoms with van der Waals surface area (Å²) in [5.74, 6) is 5.16. The fourth-order valence-electron chi connectivity index (χ4n) is 1.67. The highest BCUT2D eigenvalue weighted by molar-refractivity contribution is 9.10. The van der Waals surface area contributed by atoms with Crippen LogP contribution in [0, 0.1) is 5.82 Å². The maximum atomic E-state index is 13.4. The van der Waals surface area contributed by atoms with Gasteiger partial charge in [0.25, 0.3) is 0 Å². The van der Waals surface area contributed by atoms with Crippen LogP contribution in [0.2, 0.25) is 0 Å². The lowest BCUT2D eigenvalue weighted by Gasteiger charge is -2.17. The van der Waals surface area contributed by atoms with Crippen LogP contribution in [0.15, 0.2) is 22.7 Å². The number of nitrogens with one attached hydrogen (secondary N) is 1. The molecule has 0 aliphatic heterocycles. The van der Waals surface area contributed by atoms with E-state index in [-0.39, 0.29) is 17.6 Å². The Morgan fingerprint density at radius 1 is 1.50 bits per heavy atom. The minimum Gasteiger partial charge on any atom is -0.271 e. The normalized spacial score (nSPS) is 13.6. The monoisotopic (exact) mass is 338 g/mol. The van der Waals surface area contributed by atoms with E-state index in [2.05, 4.69) is 21.4 Å². The largest absolute Gasteiger partial charge is 0.271 e. The quantitative estimate of drug-likeness (QED) is 0.614. The van der Waals surface area contributed by atoms with E-state index in [4.69, 9.17) is 5.84 Å². The van der Waals surface area contributed by atoms with Crippen molar-refractivity contribution in [3.8, 4) is 0 Å². The highest BCUT2D eigenvalue weighted by atomic mass is 79.9. The van der Waals surface area contributed by atoms with E-state index in [1.807, 2.05) is 0 Å². The molecule has 7 heteroatoms. The number of hydrazine groups is 1. The molecule has 1 aromatic rings. The van der Waals surface area contributed by atoms with Crippen LogP contribution in [0.25, 0.3) is 0 Å². The Hall–Kier alpha value is -0.500. The molecule has 4 nitrogen and oxygen atoms in total. The first kappa shape index (κ1) is 15.6. The van der Waals surface area contributed by atoms with Gasteiger partial charge in [-0.2, -0.15) is 0 Å². The van der Waals surface area contributed by atoms with Crippen molar-refractivity contribution in [3.05, 3.63) is 34.1 Å². The minimum absolute atomic E-state index is 0.0954. The number of hydrogen-bond acceptors (Lipinski definition) is 4. The van der Waals surface area contributed by atoms with Crippen LogP contribution in [0.3, 0.4) is 0 Å². The summed E-state index contributed by atoms with van der Waals surface area (Å²) in [6.45, 7) is 0. The van der Waals surface area contributed by atoms with Gasteiger partial charge in [-0.3, -0.25) is 11.3 Å². The predicted molar refractivity (Wildman–Crippen MR) is 73.1 cm³/mol. The number of hydrogen-bond donors (Lipinski definition) is 2. The smallest absolute Gasteiger partial charge is 0.147 e. The van der Waals surface area contributed by atoms with Crippen LogP contribution in [-0.2, 0) is 9.84 Å². The van der Waals surface area contributed by atoms with Gasteiger partial charge < -0.3 is 0 Å². The fraction of sp³-hybridized carbons (Fsp3) is 0.455. The Morgan fingerprint density at radius 2 is 2.17 bits per heavy atom. The third kappa shape index (κ3) is 4.64. The minimum atomic E-state index is -2.98. The van der Waals surface area contributed by atoms with Gasteiger partial charge in [-0.05, 0) is 40.4 Å². The Balaban J connectivity index is 2.75. The third-order valence-electron chi connectivity index (χ3n) is 2.57. The van der Waals surface area contributed by atoms with Gasteiger partial charge in [0.2, 0.25) is 0 Å². The predicted octanol–water partition coefficient (Wildman–Crippen LogP) is 1.92. The van der Waals surface area contributed by atoms with Gasteiger partial charge in [0.15, 0.2) is 0 Å². The van der Waals surface area contributed by atoms with Gasteiger partial charge in [-0.25, -0.2) is 12.8 Å². The molecule has 0 amide bonds. The first-order valence-electron chi connectivity index (χ1n) is 5.43. The summed E-state index contributed by atoms with van der Waals surface area (Å²) in [5.41, 5.74) is 3.27. The fourth-order valence-corrected chi connectivity index (χ4v) is 2.90. The second kappa shape index (κ2) is 6.60. The first-order chi connectivity index (χ1) is 8.35. The number of halogens is 2. The molecular weight excluding hydrogens is 323 g/mol. The molecule has 1 aromatic carbocycles. The molecule has 1 unspecified atom stereocenters. The topological polar surface area (TPSA) is 72.2 Å². The van der Waals surface area contributed by atoms with Crippen molar-refractivity contribution < 1.29 is 12.8 Å². The molecular formula is C11H16BrFN2O2S. The van der Waals surface area contributed by atoms with E-state index < -0.39 is 9.84 Å². The molecule has 0 saturated carbocycles. The molecule has 0 aliphatic carbocycles. The molecule has 0 spiro atoms. The summed E-state index contributed by atoms with van der Waals surface area (Å²) in [6.07, 6.45) is 2.18. The Morgan fingerprint density at radius 3 is 2.72 bits per heavy atom. The van der Waals surface area contributed by atoms with Crippen LogP contribution in [-0.4, -0.2) is 20.4 Å². The van der Waals surface area contributed by atoms with Crippen molar-refractivity contribution in [2.45, 2.75) is 18.9 Å². The molecule has 1 atom stereocenters. The van der Waals surface area contributed by atoms with Gasteiger partial charge in [0.05, 0.1) is 4.47 Å². The highest BCUT2D eigenvalue weighted by Gasteiger charge is 2.16. The van der Waals surface area contributed by atoms with E-state index in [9.17, 15) is 12.8 Å². The van der Waals surface area contributed by atoms with E-state index in [1.165, 1.54) is 12.3 Å². The second-order valence-corrected chi connectivity index (χ2v) is 7.19. The Bertz CT molecular complexity index is 508. The van der Waals surface area contributed by atoms with E-state index in [1.54, 1.807) is 12.1 Å². The number of sulfone groups is 1. The molecule has 0 fully saturated rings.